The summed E-state index contributed by atoms with van der Waals surface area (Å²) in [6, 6.07) is 5.99. The minimum Gasteiger partial charge on any atom is -0.305 e. The number of hydrogen-bond acceptors (Lipinski definition) is 1. The molecule has 0 aliphatic rings. The summed E-state index contributed by atoms with van der Waals surface area (Å²) >= 11 is 15.2. The summed E-state index contributed by atoms with van der Waals surface area (Å²) in [5.41, 5.74) is 1.14. The first-order chi connectivity index (χ1) is 7.54. The van der Waals surface area contributed by atoms with Crippen molar-refractivity contribution in [2.24, 2.45) is 0 Å². The van der Waals surface area contributed by atoms with Crippen LogP contribution in [0.2, 0.25) is 10.0 Å². The zero-order valence-electron chi connectivity index (χ0n) is 9.06. The Kier molecular flexibility index (Phi) is 5.84. The number of benzene rings is 1. The summed E-state index contributed by atoms with van der Waals surface area (Å²) in [5, 5.41) is 4.57. The smallest absolute Gasteiger partial charge is 0.0595 e. The number of rotatable bonds is 5. The lowest BCUT2D eigenvalue weighted by molar-refractivity contribution is 0.550. The van der Waals surface area contributed by atoms with Crippen molar-refractivity contribution in [2.75, 3.05) is 6.54 Å². The van der Waals surface area contributed by atoms with Crippen molar-refractivity contribution in [1.82, 2.24) is 5.32 Å². The van der Waals surface area contributed by atoms with Gasteiger partial charge in [-0.1, -0.05) is 58.7 Å². The highest BCUT2D eigenvalue weighted by atomic mass is 79.9. The standard InChI is InChI=1S/C12H14BrCl2N/c1-3-12(16-7-8(2)13)9-4-5-10(14)11(15)6-9/h4-6,12,16H,2-3,7H2,1H3. The van der Waals surface area contributed by atoms with E-state index in [9.17, 15) is 0 Å². The molecule has 1 unspecified atom stereocenters. The molecule has 0 aliphatic heterocycles. The maximum Gasteiger partial charge on any atom is 0.0595 e. The summed E-state index contributed by atoms with van der Waals surface area (Å²) in [5.74, 6) is 0. The highest BCUT2D eigenvalue weighted by Gasteiger charge is 2.10. The molecule has 1 aromatic carbocycles. The van der Waals surface area contributed by atoms with Gasteiger partial charge in [0.25, 0.3) is 0 Å². The molecule has 0 amide bonds. The van der Waals surface area contributed by atoms with Gasteiger partial charge in [-0.2, -0.15) is 0 Å². The normalized spacial score (nSPS) is 12.5. The van der Waals surface area contributed by atoms with Crippen LogP contribution in [0.25, 0.3) is 0 Å². The van der Waals surface area contributed by atoms with Crippen molar-refractivity contribution < 1.29 is 0 Å². The quantitative estimate of drug-likeness (QED) is 0.809. The Balaban J connectivity index is 2.78. The summed E-state index contributed by atoms with van der Waals surface area (Å²) in [6.45, 7) is 6.65. The van der Waals surface area contributed by atoms with Gasteiger partial charge in [-0.15, -0.1) is 0 Å². The topological polar surface area (TPSA) is 12.0 Å². The molecule has 0 spiro atoms. The Bertz CT molecular complexity index is 379. The van der Waals surface area contributed by atoms with Crippen LogP contribution in [-0.4, -0.2) is 6.54 Å². The van der Waals surface area contributed by atoms with Gasteiger partial charge in [0.1, 0.15) is 0 Å². The molecule has 1 N–H and O–H groups in total. The average molecular weight is 323 g/mol. The van der Waals surface area contributed by atoms with E-state index >= 15 is 0 Å². The molecule has 0 bridgehead atoms. The van der Waals surface area contributed by atoms with Crippen LogP contribution in [0.1, 0.15) is 24.9 Å². The van der Waals surface area contributed by atoms with Crippen LogP contribution in [0.15, 0.2) is 29.3 Å². The molecule has 0 heterocycles. The Morgan fingerprint density at radius 1 is 1.44 bits per heavy atom. The van der Waals surface area contributed by atoms with Gasteiger partial charge in [-0.25, -0.2) is 0 Å². The maximum absolute atomic E-state index is 5.99. The van der Waals surface area contributed by atoms with Crippen molar-refractivity contribution in [3.8, 4) is 0 Å². The van der Waals surface area contributed by atoms with Crippen molar-refractivity contribution >= 4 is 39.1 Å². The van der Waals surface area contributed by atoms with Gasteiger partial charge >= 0.3 is 0 Å². The SMILES string of the molecule is C=C(Br)CNC(CC)c1ccc(Cl)c(Cl)c1. The highest BCUT2D eigenvalue weighted by molar-refractivity contribution is 9.11. The second kappa shape index (κ2) is 6.65. The van der Waals surface area contributed by atoms with Crippen molar-refractivity contribution in [3.05, 3.63) is 44.9 Å². The minimum atomic E-state index is 0.268. The second-order valence-electron chi connectivity index (χ2n) is 3.53. The van der Waals surface area contributed by atoms with Crippen LogP contribution in [0, 0.1) is 0 Å². The van der Waals surface area contributed by atoms with E-state index in [1.165, 1.54) is 0 Å². The second-order valence-corrected chi connectivity index (χ2v) is 5.47. The third kappa shape index (κ3) is 4.10. The fraction of sp³-hybridized carbons (Fsp3) is 0.333. The van der Waals surface area contributed by atoms with E-state index in [2.05, 4.69) is 34.7 Å². The predicted octanol–water partition coefficient (Wildman–Crippen LogP) is 4.94. The third-order valence-corrected chi connectivity index (χ3v) is 3.31. The molecular formula is C12H14BrCl2N. The first-order valence-corrected chi connectivity index (χ1v) is 6.61. The number of nitrogens with one attached hydrogen (secondary N) is 1. The van der Waals surface area contributed by atoms with Crippen molar-refractivity contribution in [3.63, 3.8) is 0 Å². The van der Waals surface area contributed by atoms with Gasteiger partial charge < -0.3 is 5.32 Å². The third-order valence-electron chi connectivity index (χ3n) is 2.29. The molecule has 0 saturated carbocycles. The molecule has 0 saturated heterocycles. The summed E-state index contributed by atoms with van der Waals surface area (Å²) in [7, 11) is 0. The van der Waals surface area contributed by atoms with Crippen LogP contribution < -0.4 is 5.32 Å². The van der Waals surface area contributed by atoms with Gasteiger partial charge in [0.2, 0.25) is 0 Å². The summed E-state index contributed by atoms with van der Waals surface area (Å²) in [6.07, 6.45) is 0.984. The van der Waals surface area contributed by atoms with E-state index in [0.717, 1.165) is 23.0 Å². The maximum atomic E-state index is 5.99. The van der Waals surface area contributed by atoms with E-state index in [0.29, 0.717) is 10.0 Å². The molecule has 88 valence electrons. The van der Waals surface area contributed by atoms with Crippen LogP contribution in [-0.2, 0) is 0 Å². The molecule has 0 fully saturated rings. The molecule has 0 aromatic heterocycles. The molecule has 0 radical (unpaired) electrons. The van der Waals surface area contributed by atoms with Gasteiger partial charge in [0, 0.05) is 17.1 Å². The molecule has 16 heavy (non-hydrogen) atoms. The first-order valence-electron chi connectivity index (χ1n) is 5.06. The van der Waals surface area contributed by atoms with E-state index in [1.54, 1.807) is 0 Å². The lowest BCUT2D eigenvalue weighted by Gasteiger charge is -2.17. The van der Waals surface area contributed by atoms with E-state index in [1.807, 2.05) is 18.2 Å². The Labute approximate surface area is 115 Å². The van der Waals surface area contributed by atoms with Crippen LogP contribution in [0.3, 0.4) is 0 Å². The minimum absolute atomic E-state index is 0.268. The number of halogens is 3. The predicted molar refractivity (Wildman–Crippen MR) is 75.6 cm³/mol. The largest absolute Gasteiger partial charge is 0.305 e. The van der Waals surface area contributed by atoms with Crippen LogP contribution in [0.5, 0.6) is 0 Å². The van der Waals surface area contributed by atoms with Gasteiger partial charge in [-0.05, 0) is 24.1 Å². The molecule has 1 rings (SSSR count). The summed E-state index contributed by atoms with van der Waals surface area (Å²) in [4.78, 5) is 0. The van der Waals surface area contributed by atoms with Crippen LogP contribution in [0.4, 0.5) is 0 Å². The Hall–Kier alpha value is -0.0200. The fourth-order valence-electron chi connectivity index (χ4n) is 1.46. The highest BCUT2D eigenvalue weighted by Crippen LogP contribution is 2.26. The fourth-order valence-corrected chi connectivity index (χ4v) is 1.93. The van der Waals surface area contributed by atoms with E-state index in [4.69, 9.17) is 23.2 Å². The molecular weight excluding hydrogens is 309 g/mol. The average Bonchev–Trinajstić information content (AvgIpc) is 2.23. The van der Waals surface area contributed by atoms with Gasteiger partial charge in [0.15, 0.2) is 0 Å². The van der Waals surface area contributed by atoms with E-state index < -0.39 is 0 Å². The Morgan fingerprint density at radius 2 is 2.12 bits per heavy atom. The van der Waals surface area contributed by atoms with Gasteiger partial charge in [0.05, 0.1) is 10.0 Å². The van der Waals surface area contributed by atoms with Crippen LogP contribution >= 0.6 is 39.1 Å². The molecule has 0 aliphatic carbocycles. The zero-order valence-corrected chi connectivity index (χ0v) is 12.2. The van der Waals surface area contributed by atoms with Gasteiger partial charge in [-0.3, -0.25) is 0 Å². The Morgan fingerprint density at radius 3 is 2.62 bits per heavy atom. The molecule has 1 nitrogen and oxygen atoms in total. The first kappa shape index (κ1) is 14.0. The number of hydrogen-bond donors (Lipinski definition) is 1. The molecule has 1 atom stereocenters. The monoisotopic (exact) mass is 321 g/mol. The lowest BCUT2D eigenvalue weighted by Crippen LogP contribution is -2.21. The van der Waals surface area contributed by atoms with E-state index in [-0.39, 0.29) is 6.04 Å². The molecule has 1 aromatic rings. The summed E-state index contributed by atoms with van der Waals surface area (Å²) < 4.78 is 0.936. The zero-order chi connectivity index (χ0) is 12.1. The van der Waals surface area contributed by atoms with Crippen molar-refractivity contribution in [2.45, 2.75) is 19.4 Å². The molecule has 4 heteroatoms. The lowest BCUT2D eigenvalue weighted by atomic mass is 10.0. The van der Waals surface area contributed by atoms with Crippen molar-refractivity contribution in [1.29, 1.82) is 0 Å².